The van der Waals surface area contributed by atoms with Crippen LogP contribution < -0.4 is 0 Å². The lowest BCUT2D eigenvalue weighted by Crippen LogP contribution is -2.12. The van der Waals surface area contributed by atoms with E-state index in [9.17, 15) is 23.1 Å². The summed E-state index contributed by atoms with van der Waals surface area (Å²) < 4.78 is 40.3. The molecule has 0 amide bonds. The Balaban J connectivity index is 2.19. The first-order valence-electron chi connectivity index (χ1n) is 7.82. The molecule has 0 fully saturated rings. The molecule has 0 unspecified atom stereocenters. The van der Waals surface area contributed by atoms with Gasteiger partial charge in [0.2, 0.25) is 0 Å². The lowest BCUT2D eigenvalue weighted by atomic mass is 10.1. The Morgan fingerprint density at radius 2 is 2.04 bits per heavy atom. The molecule has 0 atom stereocenters. The summed E-state index contributed by atoms with van der Waals surface area (Å²) in [5, 5.41) is 9.67. The fraction of sp³-hybridized carbons (Fsp3) is 0.158. The zero-order valence-electron chi connectivity index (χ0n) is 13.8. The van der Waals surface area contributed by atoms with Crippen LogP contribution in [-0.2, 0) is 12.7 Å². The number of carbonyl (C=O) groups is 1. The molecule has 0 saturated heterocycles. The van der Waals surface area contributed by atoms with Crippen molar-refractivity contribution in [2.75, 3.05) is 0 Å². The molecule has 0 spiro atoms. The summed E-state index contributed by atoms with van der Waals surface area (Å²) >= 11 is 0. The van der Waals surface area contributed by atoms with Gasteiger partial charge in [-0.3, -0.25) is 4.98 Å². The number of carboxylic acid groups (broad SMARTS) is 1. The molecule has 0 aliphatic rings. The highest BCUT2D eigenvalue weighted by Gasteiger charge is 2.30. The van der Waals surface area contributed by atoms with Crippen LogP contribution in [-0.4, -0.2) is 20.6 Å². The van der Waals surface area contributed by atoms with Crippen molar-refractivity contribution in [3.63, 3.8) is 0 Å². The second kappa shape index (κ2) is 6.67. The molecule has 0 saturated carbocycles. The molecule has 4 nitrogen and oxygen atoms in total. The summed E-state index contributed by atoms with van der Waals surface area (Å²) in [5.41, 5.74) is 1.06. The van der Waals surface area contributed by atoms with E-state index >= 15 is 0 Å². The number of aromatic nitrogens is 2. The predicted molar refractivity (Wildman–Crippen MR) is 91.9 cm³/mol. The smallest absolute Gasteiger partial charge is 0.416 e. The molecule has 1 aromatic carbocycles. The molecule has 2 heterocycles. The van der Waals surface area contributed by atoms with Gasteiger partial charge in [-0.25, -0.2) is 4.79 Å². The maximum Gasteiger partial charge on any atom is 0.416 e. The van der Waals surface area contributed by atoms with Gasteiger partial charge in [-0.15, -0.1) is 0 Å². The van der Waals surface area contributed by atoms with E-state index in [-0.39, 0.29) is 12.2 Å². The van der Waals surface area contributed by atoms with Gasteiger partial charge in [-0.2, -0.15) is 13.2 Å². The van der Waals surface area contributed by atoms with Crippen molar-refractivity contribution in [2.45, 2.75) is 19.6 Å². The van der Waals surface area contributed by atoms with Gasteiger partial charge in [0.1, 0.15) is 5.69 Å². The largest absolute Gasteiger partial charge is 0.477 e. The minimum atomic E-state index is -4.46. The normalized spacial score (nSPS) is 12.2. The van der Waals surface area contributed by atoms with E-state index in [1.165, 1.54) is 10.6 Å². The van der Waals surface area contributed by atoms with E-state index in [1.54, 1.807) is 43.5 Å². The van der Waals surface area contributed by atoms with Gasteiger partial charge in [0.25, 0.3) is 0 Å². The summed E-state index contributed by atoms with van der Waals surface area (Å²) in [6.45, 7) is 1.75. The number of hydrogen-bond donors (Lipinski definition) is 1. The maximum atomic E-state index is 13.0. The van der Waals surface area contributed by atoms with Crippen molar-refractivity contribution >= 4 is 23.1 Å². The average molecular weight is 360 g/mol. The maximum absolute atomic E-state index is 13.0. The van der Waals surface area contributed by atoms with Crippen LogP contribution in [0.4, 0.5) is 13.2 Å². The van der Waals surface area contributed by atoms with Gasteiger partial charge in [-0.1, -0.05) is 24.3 Å². The van der Waals surface area contributed by atoms with Crippen molar-refractivity contribution in [2.24, 2.45) is 0 Å². The Bertz CT molecular complexity index is 1000. The third-order valence-electron chi connectivity index (χ3n) is 3.99. The average Bonchev–Trinajstić information content (AvgIpc) is 2.89. The van der Waals surface area contributed by atoms with E-state index in [0.717, 1.165) is 12.1 Å². The van der Waals surface area contributed by atoms with Crippen molar-refractivity contribution in [1.29, 1.82) is 0 Å². The Labute approximate surface area is 147 Å². The lowest BCUT2D eigenvalue weighted by molar-refractivity contribution is -0.137. The number of hydrogen-bond acceptors (Lipinski definition) is 2. The standard InChI is InChI=1S/C19H15F3N2O2/c1-2-5-14-16-15(8-4-9-23-16)24(17(14)18(25)26)11-12-6-3-7-13(10-12)19(20,21)22/h2-10H,11H2,1H3,(H,25,26)/b5-2+. The SMILES string of the molecule is C/C=C/c1c(C(=O)O)n(Cc2cccc(C(F)(F)F)c2)c2cccnc12. The number of rotatable bonds is 4. The fourth-order valence-electron chi connectivity index (χ4n) is 2.95. The van der Waals surface area contributed by atoms with E-state index in [1.807, 2.05) is 0 Å². The van der Waals surface area contributed by atoms with Crippen LogP contribution in [0.5, 0.6) is 0 Å². The summed E-state index contributed by atoms with van der Waals surface area (Å²) in [7, 11) is 0. The number of allylic oxidation sites excluding steroid dienone is 1. The number of pyridine rings is 1. The minimum Gasteiger partial charge on any atom is -0.477 e. The van der Waals surface area contributed by atoms with Crippen LogP contribution in [0.2, 0.25) is 0 Å². The molecule has 3 aromatic rings. The van der Waals surface area contributed by atoms with Gasteiger partial charge < -0.3 is 9.67 Å². The summed E-state index contributed by atoms with van der Waals surface area (Å²) in [5.74, 6) is -1.16. The molecule has 1 N–H and O–H groups in total. The molecule has 3 rings (SSSR count). The first kappa shape index (κ1) is 17.7. The second-order valence-corrected chi connectivity index (χ2v) is 5.72. The Morgan fingerprint density at radius 1 is 1.27 bits per heavy atom. The van der Waals surface area contributed by atoms with E-state index < -0.39 is 17.7 Å². The molecule has 134 valence electrons. The summed E-state index contributed by atoms with van der Waals surface area (Å²) in [4.78, 5) is 16.1. The molecule has 0 aliphatic carbocycles. The van der Waals surface area contributed by atoms with Crippen LogP contribution in [0.25, 0.3) is 17.1 Å². The van der Waals surface area contributed by atoms with Gasteiger partial charge in [0.15, 0.2) is 0 Å². The topological polar surface area (TPSA) is 55.1 Å². The Hall–Kier alpha value is -3.09. The van der Waals surface area contributed by atoms with Crippen molar-refractivity contribution in [3.8, 4) is 0 Å². The first-order valence-corrected chi connectivity index (χ1v) is 7.82. The molecule has 0 aliphatic heterocycles. The number of carboxylic acids is 1. The van der Waals surface area contributed by atoms with Crippen molar-refractivity contribution in [3.05, 3.63) is 71.1 Å². The summed E-state index contributed by atoms with van der Waals surface area (Å²) in [6.07, 6.45) is 0.434. The number of alkyl halides is 3. The van der Waals surface area contributed by atoms with Crippen LogP contribution in [0.15, 0.2) is 48.7 Å². The summed E-state index contributed by atoms with van der Waals surface area (Å²) in [6, 6.07) is 8.24. The number of benzene rings is 1. The molecule has 0 bridgehead atoms. The molecular weight excluding hydrogens is 345 g/mol. The molecular formula is C19H15F3N2O2. The lowest BCUT2D eigenvalue weighted by Gasteiger charge is -2.11. The Kier molecular flexibility index (Phi) is 4.54. The highest BCUT2D eigenvalue weighted by atomic mass is 19.4. The molecule has 0 radical (unpaired) electrons. The van der Waals surface area contributed by atoms with Crippen molar-refractivity contribution in [1.82, 2.24) is 9.55 Å². The second-order valence-electron chi connectivity index (χ2n) is 5.72. The van der Waals surface area contributed by atoms with Gasteiger partial charge in [-0.05, 0) is 36.8 Å². The highest BCUT2D eigenvalue weighted by Crippen LogP contribution is 2.31. The number of fused-ring (bicyclic) bond motifs is 1. The van der Waals surface area contributed by atoms with E-state index in [4.69, 9.17) is 0 Å². The van der Waals surface area contributed by atoms with Crippen LogP contribution in [0, 0.1) is 0 Å². The Morgan fingerprint density at radius 3 is 2.69 bits per heavy atom. The monoisotopic (exact) mass is 360 g/mol. The van der Waals surface area contributed by atoms with Gasteiger partial charge >= 0.3 is 12.1 Å². The third-order valence-corrected chi connectivity index (χ3v) is 3.99. The fourth-order valence-corrected chi connectivity index (χ4v) is 2.95. The van der Waals surface area contributed by atoms with E-state index in [0.29, 0.717) is 22.2 Å². The van der Waals surface area contributed by atoms with Crippen molar-refractivity contribution < 1.29 is 23.1 Å². The molecule has 7 heteroatoms. The van der Waals surface area contributed by atoms with Gasteiger partial charge in [0.05, 0.1) is 16.6 Å². The molecule has 26 heavy (non-hydrogen) atoms. The number of halogens is 3. The minimum absolute atomic E-state index is 0.00536. The van der Waals surface area contributed by atoms with Gasteiger partial charge in [0, 0.05) is 18.3 Å². The highest BCUT2D eigenvalue weighted by molar-refractivity contribution is 6.00. The van der Waals surface area contributed by atoms with Crippen LogP contribution in [0.3, 0.4) is 0 Å². The third kappa shape index (κ3) is 3.20. The van der Waals surface area contributed by atoms with Crippen LogP contribution in [0.1, 0.15) is 34.1 Å². The molecule has 2 aromatic heterocycles. The zero-order chi connectivity index (χ0) is 18.9. The number of aromatic carboxylic acids is 1. The first-order chi connectivity index (χ1) is 12.3. The zero-order valence-corrected chi connectivity index (χ0v) is 13.8. The number of nitrogens with zero attached hydrogens (tertiary/aromatic N) is 2. The van der Waals surface area contributed by atoms with E-state index in [2.05, 4.69) is 4.98 Å². The quantitative estimate of drug-likeness (QED) is 0.725. The van der Waals surface area contributed by atoms with Crippen LogP contribution >= 0.6 is 0 Å². The predicted octanol–water partition coefficient (Wildman–Crippen LogP) is 4.83.